The number of anilines is 1. The minimum absolute atomic E-state index is 0.215. The number of hydrogen-bond donors (Lipinski definition) is 2. The van der Waals surface area contributed by atoms with Crippen molar-refractivity contribution in [2.75, 3.05) is 18.8 Å². The van der Waals surface area contributed by atoms with Gasteiger partial charge >= 0.3 is 6.03 Å². The van der Waals surface area contributed by atoms with Crippen molar-refractivity contribution in [3.8, 4) is 0 Å². The zero-order chi connectivity index (χ0) is 15.1. The number of benzene rings is 1. The van der Waals surface area contributed by atoms with Gasteiger partial charge in [0.2, 0.25) is 0 Å². The smallest absolute Gasteiger partial charge is 0.314 e. The third-order valence-corrected chi connectivity index (χ3v) is 4.12. The van der Waals surface area contributed by atoms with E-state index in [4.69, 9.17) is 11.5 Å². The highest BCUT2D eigenvalue weighted by atomic mass is 16.2. The molecule has 4 N–H and O–H groups in total. The first-order chi connectivity index (χ1) is 10.0. The molecule has 7 heteroatoms. The lowest BCUT2D eigenvalue weighted by Crippen LogP contribution is -2.49. The van der Waals surface area contributed by atoms with Crippen LogP contribution in [0.25, 0.3) is 0 Å². The number of fused-ring (bicyclic) bond motifs is 1. The Morgan fingerprint density at radius 2 is 1.81 bits per heavy atom. The highest BCUT2D eigenvalue weighted by molar-refractivity contribution is 6.23. The Labute approximate surface area is 121 Å². The Morgan fingerprint density at radius 1 is 1.14 bits per heavy atom. The molecule has 0 spiro atoms. The summed E-state index contributed by atoms with van der Waals surface area (Å²) in [6.45, 7) is 0.895. The van der Waals surface area contributed by atoms with Crippen LogP contribution in [-0.2, 0) is 0 Å². The number of nitrogen functional groups attached to an aromatic ring is 1. The van der Waals surface area contributed by atoms with Crippen LogP contribution in [-0.4, -0.2) is 46.8 Å². The molecule has 0 aromatic heterocycles. The average molecular weight is 288 g/mol. The number of carbonyl (C=O) groups excluding carboxylic acids is 3. The first-order valence-electron chi connectivity index (χ1n) is 6.81. The van der Waals surface area contributed by atoms with Crippen LogP contribution in [0, 0.1) is 0 Å². The fourth-order valence-corrected chi connectivity index (χ4v) is 3.01. The Bertz CT molecular complexity index is 635. The minimum atomic E-state index is -0.472. The Kier molecular flexibility index (Phi) is 3.04. The van der Waals surface area contributed by atoms with E-state index in [-0.39, 0.29) is 17.9 Å². The number of nitrogens with zero attached hydrogens (tertiary/aromatic N) is 2. The fraction of sp³-hybridized carbons (Fsp3) is 0.357. The average Bonchev–Trinajstić information content (AvgIpc) is 2.72. The van der Waals surface area contributed by atoms with Crippen molar-refractivity contribution in [1.29, 1.82) is 0 Å². The molecule has 0 aliphatic carbocycles. The normalized spacial score (nSPS) is 19.0. The Balaban J connectivity index is 1.83. The number of primary amides is 1. The van der Waals surface area contributed by atoms with Crippen molar-refractivity contribution in [2.24, 2.45) is 5.73 Å². The number of hydrogen-bond acceptors (Lipinski definition) is 4. The summed E-state index contributed by atoms with van der Waals surface area (Å²) < 4.78 is 0. The maximum atomic E-state index is 12.5. The SMILES string of the molecule is NC(=O)N1CCC(N2C(=O)c3cccc(N)c3C2=O)CC1. The van der Waals surface area contributed by atoms with E-state index in [1.807, 2.05) is 0 Å². The summed E-state index contributed by atoms with van der Waals surface area (Å²) in [5.74, 6) is -0.648. The lowest BCUT2D eigenvalue weighted by atomic mass is 10.0. The first kappa shape index (κ1) is 13.4. The molecule has 1 aromatic rings. The molecule has 1 saturated heterocycles. The van der Waals surface area contributed by atoms with E-state index in [1.54, 1.807) is 18.2 Å². The van der Waals surface area contributed by atoms with Gasteiger partial charge in [0.1, 0.15) is 0 Å². The monoisotopic (exact) mass is 288 g/mol. The molecule has 21 heavy (non-hydrogen) atoms. The van der Waals surface area contributed by atoms with Crippen molar-refractivity contribution in [2.45, 2.75) is 18.9 Å². The lowest BCUT2D eigenvalue weighted by molar-refractivity contribution is 0.0524. The van der Waals surface area contributed by atoms with Gasteiger partial charge in [-0.25, -0.2) is 4.79 Å². The van der Waals surface area contributed by atoms with Crippen molar-refractivity contribution < 1.29 is 14.4 Å². The minimum Gasteiger partial charge on any atom is -0.398 e. The summed E-state index contributed by atoms with van der Waals surface area (Å²) in [5, 5.41) is 0. The van der Waals surface area contributed by atoms with Crippen molar-refractivity contribution in [3.05, 3.63) is 29.3 Å². The number of rotatable bonds is 1. The second-order valence-corrected chi connectivity index (χ2v) is 5.31. The number of likely N-dealkylation sites (tertiary alicyclic amines) is 1. The van der Waals surface area contributed by atoms with E-state index in [0.29, 0.717) is 42.7 Å². The molecule has 0 unspecified atom stereocenters. The second-order valence-electron chi connectivity index (χ2n) is 5.31. The molecule has 1 fully saturated rings. The van der Waals surface area contributed by atoms with Gasteiger partial charge in [-0.15, -0.1) is 0 Å². The third-order valence-electron chi connectivity index (χ3n) is 4.12. The number of imide groups is 1. The summed E-state index contributed by atoms with van der Waals surface area (Å²) in [5.41, 5.74) is 12.0. The summed E-state index contributed by atoms with van der Waals surface area (Å²) in [7, 11) is 0. The topological polar surface area (TPSA) is 110 Å². The first-order valence-corrected chi connectivity index (χ1v) is 6.81. The molecule has 2 aliphatic rings. The van der Waals surface area contributed by atoms with E-state index in [9.17, 15) is 14.4 Å². The number of urea groups is 1. The van der Waals surface area contributed by atoms with Gasteiger partial charge < -0.3 is 16.4 Å². The Hall–Kier alpha value is -2.57. The molecule has 110 valence electrons. The van der Waals surface area contributed by atoms with Crippen molar-refractivity contribution >= 4 is 23.5 Å². The van der Waals surface area contributed by atoms with E-state index in [0.717, 1.165) is 0 Å². The van der Waals surface area contributed by atoms with Crippen LogP contribution >= 0.6 is 0 Å². The number of carbonyl (C=O) groups is 3. The van der Waals surface area contributed by atoms with E-state index < -0.39 is 6.03 Å². The highest BCUT2D eigenvalue weighted by Gasteiger charge is 2.42. The molecule has 2 aliphatic heterocycles. The number of piperidine rings is 1. The van der Waals surface area contributed by atoms with Gasteiger partial charge in [0, 0.05) is 24.8 Å². The maximum Gasteiger partial charge on any atom is 0.314 e. The van der Waals surface area contributed by atoms with Gasteiger partial charge in [0.05, 0.1) is 11.1 Å². The predicted molar refractivity (Wildman–Crippen MR) is 75.5 cm³/mol. The molecule has 0 saturated carbocycles. The van der Waals surface area contributed by atoms with Crippen LogP contribution in [0.2, 0.25) is 0 Å². The molecule has 1 aromatic carbocycles. The van der Waals surface area contributed by atoms with Gasteiger partial charge in [-0.2, -0.15) is 0 Å². The summed E-state index contributed by atoms with van der Waals surface area (Å²) in [6, 6.07) is 4.21. The molecule has 3 rings (SSSR count). The Morgan fingerprint density at radius 3 is 2.38 bits per heavy atom. The molecule has 0 bridgehead atoms. The van der Waals surface area contributed by atoms with Gasteiger partial charge in [-0.3, -0.25) is 14.5 Å². The molecular weight excluding hydrogens is 272 g/mol. The van der Waals surface area contributed by atoms with E-state index >= 15 is 0 Å². The molecule has 7 nitrogen and oxygen atoms in total. The van der Waals surface area contributed by atoms with E-state index in [2.05, 4.69) is 0 Å². The van der Waals surface area contributed by atoms with E-state index in [1.165, 1.54) is 9.80 Å². The maximum absolute atomic E-state index is 12.5. The van der Waals surface area contributed by atoms with Crippen LogP contribution < -0.4 is 11.5 Å². The van der Waals surface area contributed by atoms with Crippen molar-refractivity contribution in [1.82, 2.24) is 9.80 Å². The van der Waals surface area contributed by atoms with Gasteiger partial charge in [-0.1, -0.05) is 6.07 Å². The molecule has 0 radical (unpaired) electrons. The molecule has 4 amide bonds. The summed E-state index contributed by atoms with van der Waals surface area (Å²) in [4.78, 5) is 38.8. The summed E-state index contributed by atoms with van der Waals surface area (Å²) in [6.07, 6.45) is 1.07. The molecular formula is C14H16N4O3. The van der Waals surface area contributed by atoms with Crippen LogP contribution in [0.4, 0.5) is 10.5 Å². The quantitative estimate of drug-likeness (QED) is 0.576. The molecule has 2 heterocycles. The lowest BCUT2D eigenvalue weighted by Gasteiger charge is -2.34. The largest absolute Gasteiger partial charge is 0.398 e. The number of amides is 4. The zero-order valence-corrected chi connectivity index (χ0v) is 11.4. The van der Waals surface area contributed by atoms with Gasteiger partial charge in [0.15, 0.2) is 0 Å². The molecule has 0 atom stereocenters. The predicted octanol–water partition coefficient (Wildman–Crippen LogP) is 0.408. The van der Waals surface area contributed by atoms with Gasteiger partial charge in [-0.05, 0) is 25.0 Å². The highest BCUT2D eigenvalue weighted by Crippen LogP contribution is 2.31. The van der Waals surface area contributed by atoms with Gasteiger partial charge in [0.25, 0.3) is 11.8 Å². The fourth-order valence-electron chi connectivity index (χ4n) is 3.01. The van der Waals surface area contributed by atoms with Crippen LogP contribution in [0.15, 0.2) is 18.2 Å². The number of nitrogens with two attached hydrogens (primary N) is 2. The summed E-state index contributed by atoms with van der Waals surface area (Å²) >= 11 is 0. The van der Waals surface area contributed by atoms with Crippen LogP contribution in [0.1, 0.15) is 33.6 Å². The van der Waals surface area contributed by atoms with Crippen LogP contribution in [0.3, 0.4) is 0 Å². The third kappa shape index (κ3) is 2.01. The van der Waals surface area contributed by atoms with Crippen LogP contribution in [0.5, 0.6) is 0 Å². The standard InChI is InChI=1S/C14H16N4O3/c15-10-3-1-2-9-11(10)13(20)18(12(9)19)8-4-6-17(7-5-8)14(16)21/h1-3,8H,4-7,15H2,(H2,16,21). The zero-order valence-electron chi connectivity index (χ0n) is 11.4. The second kappa shape index (κ2) is 4.76. The van der Waals surface area contributed by atoms with Crippen molar-refractivity contribution in [3.63, 3.8) is 0 Å².